The van der Waals surface area contributed by atoms with E-state index in [1.807, 2.05) is 0 Å². The predicted octanol–water partition coefficient (Wildman–Crippen LogP) is 3.26. The summed E-state index contributed by atoms with van der Waals surface area (Å²) >= 11 is 0. The topological polar surface area (TPSA) is 152 Å². The number of nitro benzene ring substituents is 2. The van der Waals surface area contributed by atoms with Gasteiger partial charge in [-0.25, -0.2) is 9.78 Å². The van der Waals surface area contributed by atoms with Crippen LogP contribution in [-0.2, 0) is 0 Å². The number of hydrogen-bond acceptors (Lipinski definition) is 6. The number of nitro groups is 2. The lowest BCUT2D eigenvalue weighted by molar-refractivity contribution is -0.385. The molecule has 0 unspecified atom stereocenters. The Labute approximate surface area is 145 Å². The molecule has 130 valence electrons. The second-order valence-corrected chi connectivity index (χ2v) is 5.22. The molecule has 1 aromatic heterocycles. The summed E-state index contributed by atoms with van der Waals surface area (Å²) in [4.78, 5) is 38.7. The molecule has 0 aliphatic carbocycles. The zero-order valence-corrected chi connectivity index (χ0v) is 12.9. The van der Waals surface area contributed by atoms with Crippen molar-refractivity contribution in [1.82, 2.24) is 9.97 Å². The summed E-state index contributed by atoms with van der Waals surface area (Å²) in [7, 11) is 0. The summed E-state index contributed by atoms with van der Waals surface area (Å²) in [5.41, 5.74) is 0.544. The van der Waals surface area contributed by atoms with Gasteiger partial charge in [-0.05, 0) is 24.3 Å². The summed E-state index contributed by atoms with van der Waals surface area (Å²) in [6, 6.07) is 10.8. The fourth-order valence-corrected chi connectivity index (χ4v) is 2.36. The van der Waals surface area contributed by atoms with E-state index in [-0.39, 0.29) is 28.6 Å². The summed E-state index contributed by atoms with van der Waals surface area (Å²) in [6.45, 7) is 0. The fraction of sp³-hybridized carbons (Fsp3) is 0. The van der Waals surface area contributed by atoms with Gasteiger partial charge in [0.2, 0.25) is 0 Å². The first-order chi connectivity index (χ1) is 12.4. The number of carbonyl (C=O) groups is 1. The monoisotopic (exact) mass is 354 g/mol. The van der Waals surface area contributed by atoms with Gasteiger partial charge in [-0.2, -0.15) is 0 Å². The molecule has 0 atom stereocenters. The highest BCUT2D eigenvalue weighted by Gasteiger charge is 2.20. The molecule has 3 rings (SSSR count). The number of aromatic carboxylic acids is 1. The molecule has 0 saturated heterocycles. The Morgan fingerprint density at radius 2 is 1.35 bits per heavy atom. The van der Waals surface area contributed by atoms with Gasteiger partial charge in [-0.1, -0.05) is 0 Å². The summed E-state index contributed by atoms with van der Waals surface area (Å²) in [6.07, 6.45) is 0. The van der Waals surface area contributed by atoms with Crippen molar-refractivity contribution in [2.75, 3.05) is 0 Å². The van der Waals surface area contributed by atoms with Crippen LogP contribution >= 0.6 is 0 Å². The number of carboxylic acids is 1. The van der Waals surface area contributed by atoms with Crippen molar-refractivity contribution in [2.45, 2.75) is 0 Å². The van der Waals surface area contributed by atoms with E-state index < -0.39 is 15.8 Å². The molecule has 0 spiro atoms. The number of non-ortho nitro benzene ring substituents is 2. The van der Waals surface area contributed by atoms with E-state index in [1.54, 1.807) is 0 Å². The van der Waals surface area contributed by atoms with Crippen LogP contribution in [0.2, 0.25) is 0 Å². The number of carboxylic acid groups (broad SMARTS) is 1. The summed E-state index contributed by atoms with van der Waals surface area (Å²) in [5, 5.41) is 30.8. The van der Waals surface area contributed by atoms with Crippen LogP contribution in [-0.4, -0.2) is 30.9 Å². The van der Waals surface area contributed by atoms with Crippen LogP contribution in [0.15, 0.2) is 48.5 Å². The Bertz CT molecular complexity index is 1010. The van der Waals surface area contributed by atoms with Crippen LogP contribution in [0.25, 0.3) is 22.6 Å². The van der Waals surface area contributed by atoms with E-state index in [9.17, 15) is 30.1 Å². The van der Waals surface area contributed by atoms with Gasteiger partial charge >= 0.3 is 5.97 Å². The third kappa shape index (κ3) is 3.11. The SMILES string of the molecule is O=C(O)c1[nH]c(-c2ccc([N+](=O)[O-])cc2)nc1-c1ccc([N+](=O)[O-])cc1. The van der Waals surface area contributed by atoms with Crippen molar-refractivity contribution in [3.05, 3.63) is 74.5 Å². The molecule has 10 heteroatoms. The Morgan fingerprint density at radius 3 is 1.77 bits per heavy atom. The third-order valence-electron chi connectivity index (χ3n) is 3.62. The van der Waals surface area contributed by atoms with E-state index in [4.69, 9.17) is 0 Å². The van der Waals surface area contributed by atoms with Gasteiger partial charge in [0.1, 0.15) is 11.5 Å². The summed E-state index contributed by atoms with van der Waals surface area (Å²) in [5.74, 6) is -1.04. The average Bonchev–Trinajstić information content (AvgIpc) is 3.07. The molecule has 0 aliphatic heterocycles. The normalized spacial score (nSPS) is 10.5. The molecule has 0 radical (unpaired) electrons. The zero-order valence-electron chi connectivity index (χ0n) is 12.9. The highest BCUT2D eigenvalue weighted by Crippen LogP contribution is 2.28. The molecule has 10 nitrogen and oxygen atoms in total. The smallest absolute Gasteiger partial charge is 0.354 e. The molecule has 2 aromatic carbocycles. The summed E-state index contributed by atoms with van der Waals surface area (Å²) < 4.78 is 0. The maximum absolute atomic E-state index is 11.5. The maximum atomic E-state index is 11.5. The Kier molecular flexibility index (Phi) is 4.15. The van der Waals surface area contributed by atoms with Crippen LogP contribution in [0.5, 0.6) is 0 Å². The Hall–Kier alpha value is -4.08. The van der Waals surface area contributed by atoms with E-state index in [2.05, 4.69) is 9.97 Å². The van der Waals surface area contributed by atoms with E-state index in [0.29, 0.717) is 11.1 Å². The molecule has 0 bridgehead atoms. The Balaban J connectivity index is 2.05. The molecule has 26 heavy (non-hydrogen) atoms. The average molecular weight is 354 g/mol. The molecule has 1 heterocycles. The first kappa shape index (κ1) is 16.8. The van der Waals surface area contributed by atoms with E-state index in [1.165, 1.54) is 48.5 Å². The molecule has 0 saturated carbocycles. The van der Waals surface area contributed by atoms with Crippen LogP contribution in [0.1, 0.15) is 10.5 Å². The number of aromatic amines is 1. The first-order valence-corrected chi connectivity index (χ1v) is 7.20. The minimum Gasteiger partial charge on any atom is -0.477 e. The fourth-order valence-electron chi connectivity index (χ4n) is 2.36. The number of rotatable bonds is 5. The standard InChI is InChI=1S/C16H10N4O6/c21-16(22)14-13(9-1-5-11(6-2-9)19(23)24)17-15(18-14)10-3-7-12(8-4-10)20(25)26/h1-8H,(H,17,18)(H,21,22). The third-order valence-corrected chi connectivity index (χ3v) is 3.62. The number of H-pyrrole nitrogens is 1. The second kappa shape index (κ2) is 6.43. The van der Waals surface area contributed by atoms with E-state index >= 15 is 0 Å². The van der Waals surface area contributed by atoms with Gasteiger partial charge in [0.05, 0.1) is 9.85 Å². The van der Waals surface area contributed by atoms with Gasteiger partial charge < -0.3 is 10.1 Å². The number of nitrogens with one attached hydrogen (secondary N) is 1. The molecular weight excluding hydrogens is 344 g/mol. The lowest BCUT2D eigenvalue weighted by atomic mass is 10.1. The van der Waals surface area contributed by atoms with Gasteiger partial charge in [0, 0.05) is 35.4 Å². The first-order valence-electron chi connectivity index (χ1n) is 7.20. The van der Waals surface area contributed by atoms with Crippen LogP contribution in [0.4, 0.5) is 11.4 Å². The predicted molar refractivity (Wildman–Crippen MR) is 89.7 cm³/mol. The molecule has 2 N–H and O–H groups in total. The highest BCUT2D eigenvalue weighted by atomic mass is 16.6. The van der Waals surface area contributed by atoms with E-state index in [0.717, 1.165) is 0 Å². The minimum absolute atomic E-state index is 0.102. The van der Waals surface area contributed by atoms with Crippen molar-refractivity contribution in [1.29, 1.82) is 0 Å². The van der Waals surface area contributed by atoms with Crippen LogP contribution in [0.3, 0.4) is 0 Å². The molecule has 0 fully saturated rings. The molecule has 0 amide bonds. The van der Waals surface area contributed by atoms with Gasteiger partial charge in [0.15, 0.2) is 5.69 Å². The number of aromatic nitrogens is 2. The highest BCUT2D eigenvalue weighted by molar-refractivity contribution is 5.94. The van der Waals surface area contributed by atoms with Gasteiger partial charge in [-0.3, -0.25) is 20.2 Å². The lowest BCUT2D eigenvalue weighted by Gasteiger charge is -1.98. The second-order valence-electron chi connectivity index (χ2n) is 5.22. The maximum Gasteiger partial charge on any atom is 0.354 e. The van der Waals surface area contributed by atoms with Gasteiger partial charge in [-0.15, -0.1) is 0 Å². The molecule has 3 aromatic rings. The number of benzene rings is 2. The van der Waals surface area contributed by atoms with Crippen molar-refractivity contribution in [3.8, 4) is 22.6 Å². The number of hydrogen-bond donors (Lipinski definition) is 2. The number of nitrogens with zero attached hydrogens (tertiary/aromatic N) is 3. The Morgan fingerprint density at radius 1 is 0.885 bits per heavy atom. The van der Waals surface area contributed by atoms with Crippen molar-refractivity contribution >= 4 is 17.3 Å². The molecular formula is C16H10N4O6. The van der Waals surface area contributed by atoms with Gasteiger partial charge in [0.25, 0.3) is 11.4 Å². The van der Waals surface area contributed by atoms with Crippen molar-refractivity contribution in [3.63, 3.8) is 0 Å². The zero-order chi connectivity index (χ0) is 18.8. The molecule has 0 aliphatic rings. The minimum atomic E-state index is -1.25. The lowest BCUT2D eigenvalue weighted by Crippen LogP contribution is -1.99. The largest absolute Gasteiger partial charge is 0.477 e. The quantitative estimate of drug-likeness (QED) is 0.526. The van der Waals surface area contributed by atoms with Crippen LogP contribution < -0.4 is 0 Å². The number of imidazole rings is 1. The van der Waals surface area contributed by atoms with Crippen molar-refractivity contribution in [2.24, 2.45) is 0 Å². The van der Waals surface area contributed by atoms with Crippen molar-refractivity contribution < 1.29 is 19.7 Å². The van der Waals surface area contributed by atoms with Crippen LogP contribution in [0, 0.1) is 20.2 Å².